The first kappa shape index (κ1) is 30.1. The fourth-order valence-electron chi connectivity index (χ4n) is 6.93. The van der Waals surface area contributed by atoms with Gasteiger partial charge in [0.2, 0.25) is 5.95 Å². The summed E-state index contributed by atoms with van der Waals surface area (Å²) in [5, 5.41) is 14.1. The van der Waals surface area contributed by atoms with E-state index in [9.17, 15) is 9.90 Å². The molecule has 3 aliphatic heterocycles. The second-order valence-corrected chi connectivity index (χ2v) is 14.5. The predicted molar refractivity (Wildman–Crippen MR) is 181 cm³/mol. The Hall–Kier alpha value is -3.53. The van der Waals surface area contributed by atoms with Gasteiger partial charge in [-0.25, -0.2) is 9.78 Å². The van der Waals surface area contributed by atoms with Gasteiger partial charge in [-0.05, 0) is 82.2 Å². The molecule has 2 atom stereocenters. The number of phenolic OH excluding ortho intramolecular Hbond substituents is 1. The number of carbonyl (C=O) groups is 1. The molecular weight excluding hydrogens is 611 g/mol. The molecule has 9 nitrogen and oxygen atoms in total. The Morgan fingerprint density at radius 2 is 1.64 bits per heavy atom. The molecule has 0 unspecified atom stereocenters. The first-order chi connectivity index (χ1) is 21.4. The smallest absolute Gasteiger partial charge is 0.410 e. The van der Waals surface area contributed by atoms with Crippen molar-refractivity contribution in [3.63, 3.8) is 0 Å². The second-order valence-electron chi connectivity index (χ2n) is 13.7. The number of likely N-dealkylation sites (N-methyl/N-ethyl adjacent to an activating group) is 1. The second kappa shape index (κ2) is 11.1. The number of piperazine rings is 1. The van der Waals surface area contributed by atoms with Gasteiger partial charge in [-0.3, -0.25) is 4.90 Å². The van der Waals surface area contributed by atoms with Crippen molar-refractivity contribution in [2.24, 2.45) is 0 Å². The topological polar surface area (TPSA) is 85.3 Å². The molecule has 1 N–H and O–H groups in total. The largest absolute Gasteiger partial charge is 0.508 e. The van der Waals surface area contributed by atoms with E-state index in [0.29, 0.717) is 46.2 Å². The van der Waals surface area contributed by atoms with E-state index in [4.69, 9.17) is 37.9 Å². The van der Waals surface area contributed by atoms with Crippen LogP contribution in [0.25, 0.3) is 32.8 Å². The van der Waals surface area contributed by atoms with E-state index in [0.717, 1.165) is 53.5 Å². The van der Waals surface area contributed by atoms with E-state index in [-0.39, 0.29) is 23.9 Å². The van der Waals surface area contributed by atoms with E-state index >= 15 is 0 Å². The molecule has 236 valence electrons. The van der Waals surface area contributed by atoms with Crippen molar-refractivity contribution in [1.29, 1.82) is 0 Å². The molecule has 0 saturated carbocycles. The highest BCUT2D eigenvalue weighted by atomic mass is 35.5. The minimum absolute atomic E-state index is 0.0121. The van der Waals surface area contributed by atoms with Crippen LogP contribution in [0.15, 0.2) is 42.5 Å². The Kier molecular flexibility index (Phi) is 7.41. The van der Waals surface area contributed by atoms with Crippen LogP contribution in [-0.2, 0) is 4.74 Å². The van der Waals surface area contributed by atoms with Gasteiger partial charge >= 0.3 is 6.09 Å². The average Bonchev–Trinajstić information content (AvgIpc) is 3.20. The Labute approximate surface area is 273 Å². The van der Waals surface area contributed by atoms with Crippen molar-refractivity contribution in [2.75, 3.05) is 50.1 Å². The van der Waals surface area contributed by atoms with Crippen LogP contribution in [-0.4, -0.2) is 95.0 Å². The van der Waals surface area contributed by atoms with Crippen molar-refractivity contribution >= 4 is 62.7 Å². The molecule has 45 heavy (non-hydrogen) atoms. The molecule has 0 aliphatic carbocycles. The van der Waals surface area contributed by atoms with E-state index in [1.54, 1.807) is 12.1 Å². The molecule has 11 heteroatoms. The van der Waals surface area contributed by atoms with Gasteiger partial charge in [-0.2, -0.15) is 4.98 Å². The summed E-state index contributed by atoms with van der Waals surface area (Å²) in [7, 11) is 4.17. The van der Waals surface area contributed by atoms with Crippen LogP contribution in [0.3, 0.4) is 0 Å². The number of ether oxygens (including phenoxy) is 1. The SMILES string of the molecule is CN(C)C1CN(c2nc(N3C[C@H]4CC[C@@H](C3)N4C(=O)OC(C)(C)C)c3cc(Cl)c(-c4cc(O)cc5ccccc45)c(Cl)c3n2)C1. The number of phenols is 1. The van der Waals surface area contributed by atoms with Crippen LogP contribution in [0.2, 0.25) is 10.0 Å². The van der Waals surface area contributed by atoms with Gasteiger partial charge < -0.3 is 24.5 Å². The average molecular weight is 650 g/mol. The number of anilines is 2. The Morgan fingerprint density at radius 1 is 0.956 bits per heavy atom. The minimum Gasteiger partial charge on any atom is -0.508 e. The number of benzene rings is 3. The van der Waals surface area contributed by atoms with Crippen LogP contribution in [0, 0.1) is 0 Å². The van der Waals surface area contributed by atoms with E-state index < -0.39 is 5.60 Å². The van der Waals surface area contributed by atoms with Crippen LogP contribution in [0.5, 0.6) is 5.75 Å². The van der Waals surface area contributed by atoms with Gasteiger partial charge in [0.15, 0.2) is 0 Å². The molecule has 3 aliphatic rings. The number of carbonyl (C=O) groups excluding carboxylic acids is 1. The van der Waals surface area contributed by atoms with Crippen molar-refractivity contribution in [3.8, 4) is 16.9 Å². The highest BCUT2D eigenvalue weighted by Crippen LogP contribution is 2.46. The van der Waals surface area contributed by atoms with Crippen molar-refractivity contribution in [3.05, 3.63) is 52.5 Å². The number of aromatic hydroxyl groups is 1. The molecule has 3 saturated heterocycles. The third-order valence-corrected chi connectivity index (χ3v) is 9.89. The van der Waals surface area contributed by atoms with Gasteiger partial charge in [0.05, 0.1) is 27.6 Å². The van der Waals surface area contributed by atoms with E-state index in [1.165, 1.54) is 0 Å². The molecule has 2 bridgehead atoms. The molecule has 3 aromatic carbocycles. The molecule has 7 rings (SSSR count). The summed E-state index contributed by atoms with van der Waals surface area (Å²) in [6.45, 7) is 8.56. The zero-order valence-electron chi connectivity index (χ0n) is 26.2. The normalized spacial score (nSPS) is 20.4. The number of hydrogen-bond acceptors (Lipinski definition) is 8. The molecule has 4 aromatic rings. The lowest BCUT2D eigenvalue weighted by atomic mass is 9.96. The predicted octanol–water partition coefficient (Wildman–Crippen LogP) is 6.80. The Morgan fingerprint density at radius 3 is 2.31 bits per heavy atom. The number of nitrogens with zero attached hydrogens (tertiary/aromatic N) is 6. The van der Waals surface area contributed by atoms with Gasteiger partial charge in [0.25, 0.3) is 0 Å². The maximum absolute atomic E-state index is 13.2. The van der Waals surface area contributed by atoms with Gasteiger partial charge in [0, 0.05) is 43.2 Å². The zero-order valence-corrected chi connectivity index (χ0v) is 27.7. The summed E-state index contributed by atoms with van der Waals surface area (Å²) >= 11 is 14.4. The third-order valence-electron chi connectivity index (χ3n) is 9.23. The summed E-state index contributed by atoms with van der Waals surface area (Å²) in [6, 6.07) is 13.6. The van der Waals surface area contributed by atoms with Gasteiger partial charge in [-0.15, -0.1) is 0 Å². The fourth-order valence-corrected chi connectivity index (χ4v) is 7.63. The number of rotatable bonds is 4. The van der Waals surface area contributed by atoms with Crippen LogP contribution in [0.1, 0.15) is 33.6 Å². The van der Waals surface area contributed by atoms with E-state index in [1.807, 2.05) is 56.0 Å². The number of aromatic nitrogens is 2. The lowest BCUT2D eigenvalue weighted by Gasteiger charge is -2.44. The summed E-state index contributed by atoms with van der Waals surface area (Å²) in [4.78, 5) is 31.9. The highest BCUT2D eigenvalue weighted by Gasteiger charge is 2.45. The third kappa shape index (κ3) is 5.38. The Bertz CT molecular complexity index is 1810. The lowest BCUT2D eigenvalue weighted by molar-refractivity contribution is 0.0123. The summed E-state index contributed by atoms with van der Waals surface area (Å²) in [6.07, 6.45) is 1.55. The number of fused-ring (bicyclic) bond motifs is 4. The van der Waals surface area contributed by atoms with Crippen molar-refractivity contribution < 1.29 is 14.6 Å². The van der Waals surface area contributed by atoms with Gasteiger partial charge in [-0.1, -0.05) is 47.5 Å². The van der Waals surface area contributed by atoms with Crippen LogP contribution < -0.4 is 9.80 Å². The molecular formula is C34H38Cl2N6O3. The molecule has 1 amide bonds. The molecule has 3 fully saturated rings. The maximum Gasteiger partial charge on any atom is 0.410 e. The van der Waals surface area contributed by atoms with Crippen molar-refractivity contribution in [1.82, 2.24) is 19.8 Å². The number of halogens is 2. The number of amides is 1. The van der Waals surface area contributed by atoms with Crippen LogP contribution in [0.4, 0.5) is 16.6 Å². The zero-order chi connectivity index (χ0) is 31.8. The summed E-state index contributed by atoms with van der Waals surface area (Å²) in [5.74, 6) is 1.52. The minimum atomic E-state index is -0.556. The monoisotopic (exact) mass is 648 g/mol. The maximum atomic E-state index is 13.2. The fraction of sp³-hybridized carbons (Fsp3) is 0.441. The molecule has 1 aromatic heterocycles. The van der Waals surface area contributed by atoms with Gasteiger partial charge in [0.1, 0.15) is 17.2 Å². The molecule has 0 radical (unpaired) electrons. The quantitative estimate of drug-likeness (QED) is 0.259. The van der Waals surface area contributed by atoms with Crippen LogP contribution >= 0.6 is 23.2 Å². The van der Waals surface area contributed by atoms with Crippen molar-refractivity contribution in [2.45, 2.75) is 57.3 Å². The lowest BCUT2D eigenvalue weighted by Crippen LogP contribution is -2.58. The Balaban J connectivity index is 1.34. The molecule has 4 heterocycles. The molecule has 0 spiro atoms. The first-order valence-electron chi connectivity index (χ1n) is 15.5. The number of hydrogen-bond donors (Lipinski definition) is 1. The van der Waals surface area contributed by atoms with E-state index in [2.05, 4.69) is 28.8 Å². The summed E-state index contributed by atoms with van der Waals surface area (Å²) < 4.78 is 5.78. The summed E-state index contributed by atoms with van der Waals surface area (Å²) in [5.41, 5.74) is 1.42. The highest BCUT2D eigenvalue weighted by molar-refractivity contribution is 6.43. The standard InChI is InChI=1S/C34H38Cl2N6O3/c1-34(2,3)45-33(44)42-20-10-11-21(42)16-40(15-20)31-26-14-27(35)28(25-13-23(43)12-19-8-6-7-9-24(19)25)29(36)30(26)37-32(38-31)41-17-22(18-41)39(4)5/h6-9,12-14,20-22,43H,10-11,15-18H2,1-5H3/t20-,21+. The first-order valence-corrected chi connectivity index (χ1v) is 16.2.